The number of hydrogen-bond acceptors (Lipinski definition) is 6. The molecule has 0 spiro atoms. The second kappa shape index (κ2) is 7.46. The molecule has 2 heterocycles. The standard InChI is InChI=1S/C25H19NO5S/c1-15-8-9-18(10-16(15)2)32(28,29)25-19-11-22-23(31-14-30-22)12-21(19)26-13-20(25)24(27)17-6-4-3-5-7-17/h3-13H,14H2,1-2H3. The molecule has 5 rings (SSSR count). The molecule has 7 heteroatoms. The molecule has 0 atom stereocenters. The molecule has 0 bridgehead atoms. The fourth-order valence-electron chi connectivity index (χ4n) is 3.75. The van der Waals surface area contributed by atoms with Gasteiger partial charge in [0.1, 0.15) is 0 Å². The average Bonchev–Trinajstić information content (AvgIpc) is 3.26. The van der Waals surface area contributed by atoms with Crippen LogP contribution in [-0.4, -0.2) is 26.0 Å². The summed E-state index contributed by atoms with van der Waals surface area (Å²) in [6, 6.07) is 16.7. The number of carbonyl (C=O) groups excluding carboxylic acids is 1. The molecule has 0 radical (unpaired) electrons. The van der Waals surface area contributed by atoms with Crippen molar-refractivity contribution >= 4 is 26.5 Å². The molecule has 0 saturated carbocycles. The van der Waals surface area contributed by atoms with Crippen LogP contribution >= 0.6 is 0 Å². The van der Waals surface area contributed by atoms with Gasteiger partial charge in [-0.3, -0.25) is 9.78 Å². The minimum absolute atomic E-state index is 0.0146. The van der Waals surface area contributed by atoms with Crippen LogP contribution in [0.4, 0.5) is 0 Å². The van der Waals surface area contributed by atoms with Crippen LogP contribution in [0.25, 0.3) is 10.9 Å². The smallest absolute Gasteiger partial charge is 0.231 e. The molecule has 32 heavy (non-hydrogen) atoms. The summed E-state index contributed by atoms with van der Waals surface area (Å²) in [5, 5.41) is 0.314. The average molecular weight is 445 g/mol. The van der Waals surface area contributed by atoms with Gasteiger partial charge in [-0.2, -0.15) is 0 Å². The SMILES string of the molecule is Cc1ccc(S(=O)(=O)c2c(C(=O)c3ccccc3)cnc3cc4c(cc23)OCO4)cc1C. The number of aryl methyl sites for hydroxylation is 2. The van der Waals surface area contributed by atoms with Crippen LogP contribution in [-0.2, 0) is 9.84 Å². The first-order valence-corrected chi connectivity index (χ1v) is 11.5. The zero-order valence-electron chi connectivity index (χ0n) is 17.5. The van der Waals surface area contributed by atoms with Crippen molar-refractivity contribution < 1.29 is 22.7 Å². The molecule has 0 N–H and O–H groups in total. The van der Waals surface area contributed by atoms with E-state index in [9.17, 15) is 13.2 Å². The Morgan fingerprint density at radius 1 is 0.906 bits per heavy atom. The number of pyridine rings is 1. The first kappa shape index (κ1) is 20.2. The molecule has 1 aliphatic rings. The predicted molar refractivity (Wildman–Crippen MR) is 119 cm³/mol. The third-order valence-electron chi connectivity index (χ3n) is 5.65. The van der Waals surface area contributed by atoms with Gasteiger partial charge in [0.05, 0.1) is 20.9 Å². The Labute approximate surface area is 185 Å². The first-order chi connectivity index (χ1) is 15.4. The maximum absolute atomic E-state index is 13.9. The summed E-state index contributed by atoms with van der Waals surface area (Å²) < 4.78 is 38.7. The largest absolute Gasteiger partial charge is 0.454 e. The van der Waals surface area contributed by atoms with Crippen LogP contribution in [0, 0.1) is 13.8 Å². The number of hydrogen-bond donors (Lipinski definition) is 0. The van der Waals surface area contributed by atoms with Crippen molar-refractivity contribution in [3.05, 3.63) is 89.1 Å². The Balaban J connectivity index is 1.83. The monoisotopic (exact) mass is 445 g/mol. The van der Waals surface area contributed by atoms with Gasteiger partial charge in [-0.1, -0.05) is 36.4 Å². The van der Waals surface area contributed by atoms with E-state index in [1.165, 1.54) is 6.20 Å². The number of nitrogens with zero attached hydrogens (tertiary/aromatic N) is 1. The van der Waals surface area contributed by atoms with Crippen LogP contribution in [0.15, 0.2) is 76.7 Å². The number of sulfone groups is 1. The Hall–Kier alpha value is -3.71. The van der Waals surface area contributed by atoms with Gasteiger partial charge in [0.25, 0.3) is 0 Å². The summed E-state index contributed by atoms with van der Waals surface area (Å²) >= 11 is 0. The molecule has 1 aromatic heterocycles. The van der Waals surface area contributed by atoms with E-state index in [0.29, 0.717) is 28.0 Å². The van der Waals surface area contributed by atoms with Gasteiger partial charge in [0, 0.05) is 23.2 Å². The summed E-state index contributed by atoms with van der Waals surface area (Å²) in [7, 11) is -4.06. The molecule has 0 fully saturated rings. The van der Waals surface area contributed by atoms with Gasteiger partial charge in [-0.25, -0.2) is 8.42 Å². The molecule has 6 nitrogen and oxygen atoms in total. The van der Waals surface area contributed by atoms with Gasteiger partial charge in [-0.15, -0.1) is 0 Å². The summed E-state index contributed by atoms with van der Waals surface area (Å²) in [4.78, 5) is 17.8. The highest BCUT2D eigenvalue weighted by Crippen LogP contribution is 2.40. The van der Waals surface area contributed by atoms with E-state index in [4.69, 9.17) is 9.47 Å². The minimum atomic E-state index is -4.06. The molecule has 3 aromatic carbocycles. The van der Waals surface area contributed by atoms with E-state index in [1.54, 1.807) is 60.7 Å². The Morgan fingerprint density at radius 3 is 2.34 bits per heavy atom. The van der Waals surface area contributed by atoms with Gasteiger partial charge >= 0.3 is 0 Å². The van der Waals surface area contributed by atoms with Crippen LogP contribution in [0.3, 0.4) is 0 Å². The Bertz CT molecular complexity index is 1490. The summed E-state index contributed by atoms with van der Waals surface area (Å²) in [6.07, 6.45) is 1.33. The number of carbonyl (C=O) groups is 1. The van der Waals surface area contributed by atoms with Gasteiger partial charge in [0.2, 0.25) is 16.6 Å². The number of ketones is 1. The second-order valence-corrected chi connectivity index (χ2v) is 9.55. The zero-order valence-corrected chi connectivity index (χ0v) is 18.3. The van der Waals surface area contributed by atoms with Crippen LogP contribution in [0.1, 0.15) is 27.0 Å². The molecule has 160 valence electrons. The summed E-state index contributed by atoms with van der Waals surface area (Å²) in [6.45, 7) is 3.81. The van der Waals surface area contributed by atoms with Crippen LogP contribution < -0.4 is 9.47 Å². The highest BCUT2D eigenvalue weighted by atomic mass is 32.2. The normalized spacial score (nSPS) is 12.8. The lowest BCUT2D eigenvalue weighted by molar-refractivity contribution is 0.103. The maximum atomic E-state index is 13.9. The first-order valence-electron chi connectivity index (χ1n) is 10.0. The van der Waals surface area contributed by atoms with Gasteiger partial charge < -0.3 is 9.47 Å². The Kier molecular flexibility index (Phi) is 4.71. The van der Waals surface area contributed by atoms with E-state index in [1.807, 2.05) is 13.8 Å². The fraction of sp³-hybridized carbons (Fsp3) is 0.120. The number of benzene rings is 3. The van der Waals surface area contributed by atoms with Gasteiger partial charge in [0.15, 0.2) is 17.3 Å². The maximum Gasteiger partial charge on any atom is 0.231 e. The second-order valence-electron chi connectivity index (χ2n) is 7.67. The third kappa shape index (κ3) is 3.22. The molecular weight excluding hydrogens is 426 g/mol. The quantitative estimate of drug-likeness (QED) is 0.426. The topological polar surface area (TPSA) is 82.6 Å². The molecule has 1 aliphatic heterocycles. The van der Waals surface area contributed by atoms with Crippen LogP contribution in [0.5, 0.6) is 11.5 Å². The number of rotatable bonds is 4. The Morgan fingerprint density at radius 2 is 1.62 bits per heavy atom. The van der Waals surface area contributed by atoms with E-state index in [2.05, 4.69) is 4.98 Å². The van der Waals surface area contributed by atoms with E-state index < -0.39 is 15.6 Å². The van der Waals surface area contributed by atoms with Crippen molar-refractivity contribution in [2.45, 2.75) is 23.6 Å². The zero-order chi connectivity index (χ0) is 22.5. The third-order valence-corrected chi connectivity index (χ3v) is 7.50. The number of aromatic nitrogens is 1. The van der Waals surface area contributed by atoms with E-state index in [0.717, 1.165) is 11.1 Å². The highest BCUT2D eigenvalue weighted by Gasteiger charge is 2.30. The predicted octanol–water partition coefficient (Wildman–Crippen LogP) is 4.64. The van der Waals surface area contributed by atoms with E-state index in [-0.39, 0.29) is 22.1 Å². The van der Waals surface area contributed by atoms with Gasteiger partial charge in [-0.05, 0) is 43.2 Å². The lowest BCUT2D eigenvalue weighted by Crippen LogP contribution is -2.13. The molecule has 0 aliphatic carbocycles. The van der Waals surface area contributed by atoms with Crippen LogP contribution in [0.2, 0.25) is 0 Å². The lowest BCUT2D eigenvalue weighted by atomic mass is 10.0. The van der Waals surface area contributed by atoms with Crippen molar-refractivity contribution in [1.29, 1.82) is 0 Å². The number of fused-ring (bicyclic) bond motifs is 2. The van der Waals surface area contributed by atoms with Crippen molar-refractivity contribution in [3.63, 3.8) is 0 Å². The van der Waals surface area contributed by atoms with Crippen molar-refractivity contribution in [1.82, 2.24) is 4.98 Å². The molecule has 0 saturated heterocycles. The lowest BCUT2D eigenvalue weighted by Gasteiger charge is -2.14. The minimum Gasteiger partial charge on any atom is -0.454 e. The van der Waals surface area contributed by atoms with Crippen molar-refractivity contribution in [2.24, 2.45) is 0 Å². The van der Waals surface area contributed by atoms with Crippen molar-refractivity contribution in [2.75, 3.05) is 6.79 Å². The molecular formula is C25H19NO5S. The number of ether oxygens (including phenoxy) is 2. The summed E-state index contributed by atoms with van der Waals surface area (Å²) in [5.74, 6) is 0.488. The fourth-order valence-corrected chi connectivity index (χ4v) is 5.46. The van der Waals surface area contributed by atoms with E-state index >= 15 is 0 Å². The molecule has 4 aromatic rings. The molecule has 0 amide bonds. The molecule has 0 unspecified atom stereocenters. The highest BCUT2D eigenvalue weighted by molar-refractivity contribution is 7.91. The summed E-state index contributed by atoms with van der Waals surface area (Å²) in [5.41, 5.74) is 2.62. The van der Waals surface area contributed by atoms with Crippen molar-refractivity contribution in [3.8, 4) is 11.5 Å².